The highest BCUT2D eigenvalue weighted by molar-refractivity contribution is 6.80. The molecule has 0 aromatic carbocycles. The molecule has 0 heterocycles. The molecule has 100 heavy (non-hydrogen) atoms. The lowest BCUT2D eigenvalue weighted by atomic mass is 8.21. The molecule has 0 aliphatic heterocycles. The summed E-state index contributed by atoms with van der Waals surface area (Å²) in [7, 11) is 0. The molecule has 60 spiro atoms. The lowest BCUT2D eigenvalue weighted by Crippen LogP contribution is -3.76. The van der Waals surface area contributed by atoms with Crippen LogP contribution in [0, 0.1) is 538 Å². The van der Waals surface area contributed by atoms with Crippen LogP contribution < -0.4 is 0 Å². The summed E-state index contributed by atoms with van der Waals surface area (Å²) >= 11 is 0. The van der Waals surface area contributed by atoms with E-state index in [4.69, 9.17) is 0 Å². The molecule has 0 bridgehead atoms. The van der Waals surface area contributed by atoms with E-state index in [0.717, 1.165) is 233 Å². The van der Waals surface area contributed by atoms with Crippen molar-refractivity contribution in [3.05, 3.63) is 97.5 Å². The van der Waals surface area contributed by atoms with Crippen LogP contribution in [0.5, 0.6) is 0 Å². The summed E-state index contributed by atoms with van der Waals surface area (Å²) in [5, 5.41) is 0. The van der Waals surface area contributed by atoms with Gasteiger partial charge in [-0.1, -0.05) is 0 Å². The second kappa shape index (κ2) is 4.27. The van der Waals surface area contributed by atoms with E-state index < -0.39 is 0 Å². The molecule has 0 radical (unpaired) electrons. The molecule has 0 aromatic heterocycles. The van der Waals surface area contributed by atoms with Gasteiger partial charge < -0.3 is 0 Å². The zero-order valence-corrected chi connectivity index (χ0v) is 53.6. The molecule has 79 aliphatic carbocycles. The maximum atomic E-state index is 2.07. The molecule has 79 fully saturated rings. The monoisotopic (exact) mass is 1240 g/mol. The smallest absolute Gasteiger partial charge is 0.0000142 e. The van der Waals surface area contributed by atoms with E-state index in [9.17, 15) is 0 Å². The summed E-state index contributed by atoms with van der Waals surface area (Å²) in [5.41, 5.74) is 68.6. The molecular formula is C100H44. The SMILES string of the molecule is C1C2C3C4C5C6CC7C8C9C%10C%11CC%12C%13C%14C%15C%16CC%17C%18C%19C%20C%21C%22C%23C%24C%25C%26C%27C1C21C32C43C54C6C75C67C8C8C%28C%29C9%30C9C%31C%32C%10C%10%33C%11%12C%13%11C%14%12C%15%13C%16%17C%18%14C%19%15C%20%16C%21%17C%22%18C%23%19C%24%20C%25%21C%26%22C%271C21C32C45C63C45C87C%286C%297C%308C9%23C%319C%32%10C%10%24C%11%33C%12%11C%13%14C%15%12C%16%13C%17%14C%18%15C%19%16C%20%17C%21%18C%221C23C%184C%171C65C72C83C%234C9%10C%13(C%11%12%24)C%144C%153C%1621. The molecular weight excluding hydrogens is 1200 g/mol. The van der Waals surface area contributed by atoms with Gasteiger partial charge in [0.2, 0.25) is 0 Å². The molecule has 96 unspecified atom stereocenters. The first-order chi connectivity index (χ1) is 49.8. The van der Waals surface area contributed by atoms with E-state index >= 15 is 0 Å². The summed E-state index contributed by atoms with van der Waals surface area (Å²) in [4.78, 5) is 0. The first-order valence-corrected chi connectivity index (χ1v) is 49.8. The summed E-state index contributed by atoms with van der Waals surface area (Å²) < 4.78 is 0. The van der Waals surface area contributed by atoms with Crippen molar-refractivity contribution >= 4 is 0 Å². The van der Waals surface area contributed by atoms with Gasteiger partial charge in [-0.25, -0.2) is 0 Å². The normalized spacial score (nSPS) is 155. The van der Waals surface area contributed by atoms with Gasteiger partial charge in [0.05, 0.1) is 0 Å². The van der Waals surface area contributed by atoms with E-state index in [1.54, 1.807) is 0 Å². The van der Waals surface area contributed by atoms with Gasteiger partial charge >= 0.3 is 0 Å². The molecule has 0 heteroatoms. The van der Waals surface area contributed by atoms with E-state index in [1.807, 2.05) is 19.3 Å². The Labute approximate surface area is 559 Å². The summed E-state index contributed by atoms with van der Waals surface area (Å²) in [6.45, 7) is 0. The number of rotatable bonds is 0. The first kappa shape index (κ1) is 30.9. The highest BCUT2D eigenvalue weighted by Crippen LogP contribution is 3.91. The van der Waals surface area contributed by atoms with Crippen LogP contribution in [-0.4, -0.2) is 0 Å². The highest BCUT2D eigenvalue weighted by Gasteiger charge is 3.87. The van der Waals surface area contributed by atoms with Crippen molar-refractivity contribution < 1.29 is 0 Å². The Morgan fingerprint density at radius 2 is 0.390 bits per heavy atom. The van der Waals surface area contributed by atoms with Gasteiger partial charge in [-0.05, 0) is 564 Å². The zero-order valence-electron chi connectivity index (χ0n) is 53.6. The molecule has 79 rings (SSSR count). The van der Waals surface area contributed by atoms with Crippen molar-refractivity contribution in [3.63, 3.8) is 0 Å². The van der Waals surface area contributed by atoms with Crippen LogP contribution in [0.4, 0.5) is 0 Å². The molecule has 96 atom stereocenters. The van der Waals surface area contributed by atoms with Crippen LogP contribution in [0.1, 0.15) is 25.7 Å². The second-order valence-electron chi connectivity index (χ2n) is 67.6. The van der Waals surface area contributed by atoms with Crippen molar-refractivity contribution in [1.29, 1.82) is 0 Å². The largest absolute Gasteiger partial charge is 0.0461 e. The Bertz CT molecular complexity index is 8380. The fourth-order valence-electron chi connectivity index (χ4n) is 125. The lowest BCUT2D eigenvalue weighted by molar-refractivity contribution is -1.15. The molecule has 0 nitrogen and oxygen atoms in total. The number of fused-ring (bicyclic) bond motifs is 23. The Balaban J connectivity index is 0.640. The number of hydrogen-bond donors (Lipinski definition) is 0. The third-order valence-corrected chi connectivity index (χ3v) is 93.7. The topological polar surface area (TPSA) is 0 Å². The summed E-state index contributed by atoms with van der Waals surface area (Å²) in [6, 6.07) is 0. The van der Waals surface area contributed by atoms with Crippen LogP contribution >= 0.6 is 0 Å². The minimum absolute atomic E-state index is 1.07. The third kappa shape index (κ3) is 0.565. The van der Waals surface area contributed by atoms with Crippen molar-refractivity contribution in [2.45, 2.75) is 25.7 Å². The van der Waals surface area contributed by atoms with E-state index in [1.165, 1.54) is 305 Å². The van der Waals surface area contributed by atoms with Crippen LogP contribution in [-0.2, 0) is 0 Å². The van der Waals surface area contributed by atoms with Gasteiger partial charge in [0.15, 0.2) is 0 Å². The van der Waals surface area contributed by atoms with Gasteiger partial charge in [0.25, 0.3) is 0 Å². The van der Waals surface area contributed by atoms with E-state index in [2.05, 4.69) is 6.42 Å². The molecule has 0 amide bonds. The van der Waals surface area contributed by atoms with Gasteiger partial charge in [-0.2, -0.15) is 0 Å². The highest BCUT2D eigenvalue weighted by atomic mass is 15.9. The minimum atomic E-state index is 1.07. The van der Waals surface area contributed by atoms with Crippen LogP contribution in [0.15, 0.2) is 0 Å². The van der Waals surface area contributed by atoms with Crippen LogP contribution in [0.2, 0.25) is 0 Å². The molecule has 0 aromatic rings. The fraction of sp³-hybridized carbons (Fsp3) is 1.00. The average molecular weight is 1250 g/mol. The molecule has 0 saturated heterocycles. The molecule has 79 aliphatic rings. The fourth-order valence-corrected chi connectivity index (χ4v) is 125. The van der Waals surface area contributed by atoms with Gasteiger partial charge in [0.1, 0.15) is 0 Å². The van der Waals surface area contributed by atoms with Crippen molar-refractivity contribution in [1.82, 2.24) is 0 Å². The van der Waals surface area contributed by atoms with Crippen molar-refractivity contribution in [2.75, 3.05) is 0 Å². The standard InChI is InChI=1S/C100H44/c1-5-15-24-16-9-3-11-19-26-30-32-34-35-33-31-27-20-12-4-10-18-25-17-8-2-7-14-21-13-6(1)45-38(5)46(15)54(24)47(16)43(9,11)50(19)56(26)60(30)62(32)64(34)65(35)63(33)61(31)57(27)51(20)44(10,12)49(18)55(25)48(17)42(7,8)52-22(14)28-36-39-41(21)40-37-29-23(13)53(45)59(29)67(37)69(40)70(41)68(39)66(36)58(28,52)80-74(48,52)77(55)73(49,51)79(57)83(61)85(63)87(65)86(64)84(62)82(60)78(56)72(47,50)75(54)71(45,46)76(53)81(59)89(67)91(69)92(70)90(68)88(66,80)96(83,94(77,79)80)98(85,90)100(87,92)99(86,91)97(84,89)95(81,82)93(75,76)78/h5-40H,1-4H2. The maximum Gasteiger partial charge on any atom is -0.0000142 e. The summed E-state index contributed by atoms with van der Waals surface area (Å²) in [6.07, 6.45) is 7.97. The molecule has 0 N–H and O–H groups in total. The Morgan fingerprint density at radius 1 is 0.130 bits per heavy atom. The van der Waals surface area contributed by atoms with E-state index in [-0.39, 0.29) is 0 Å². The van der Waals surface area contributed by atoms with E-state index in [0.29, 0.717) is 0 Å². The van der Waals surface area contributed by atoms with Crippen LogP contribution in [0.25, 0.3) is 0 Å². The summed E-state index contributed by atoms with van der Waals surface area (Å²) in [5.74, 6) is 52.4. The predicted octanol–water partition coefficient (Wildman–Crippen LogP) is 7.45. The molecule has 444 valence electrons. The Hall–Kier alpha value is 0. The predicted molar refractivity (Wildman–Crippen MR) is 305 cm³/mol. The maximum absolute atomic E-state index is 2.07. The van der Waals surface area contributed by atoms with Crippen LogP contribution in [0.3, 0.4) is 0 Å². The van der Waals surface area contributed by atoms with Gasteiger partial charge in [-0.3, -0.25) is 0 Å². The minimum Gasteiger partial charge on any atom is -0.0461 e. The lowest BCUT2D eigenvalue weighted by Gasteiger charge is -3.80. The Morgan fingerprint density at radius 3 is 0.870 bits per heavy atom. The Kier molecular flexibility index (Phi) is 1.32. The van der Waals surface area contributed by atoms with Gasteiger partial charge in [-0.15, -0.1) is 0 Å². The van der Waals surface area contributed by atoms with Crippen molar-refractivity contribution in [2.24, 2.45) is 440 Å². The quantitative estimate of drug-likeness (QED) is 0.237. The molecule has 79 saturated carbocycles. The third-order valence-electron chi connectivity index (χ3n) is 93.7. The number of hydrogen-bond acceptors (Lipinski definition) is 0. The van der Waals surface area contributed by atoms with Gasteiger partial charge in [0, 0.05) is 0 Å². The second-order valence-corrected chi connectivity index (χ2v) is 67.6. The first-order valence-electron chi connectivity index (χ1n) is 49.8. The zero-order chi connectivity index (χ0) is 53.6. The van der Waals surface area contributed by atoms with Crippen molar-refractivity contribution in [3.8, 4) is 0 Å². The average Bonchev–Trinajstić information content (AvgIpc) is 0.479.